The highest BCUT2D eigenvalue weighted by Crippen LogP contribution is 2.19. The van der Waals surface area contributed by atoms with Crippen LogP contribution in [-0.2, 0) is 19.3 Å². The zero-order valence-corrected chi connectivity index (χ0v) is 15.6. The van der Waals surface area contributed by atoms with Crippen LogP contribution < -0.4 is 5.32 Å². The van der Waals surface area contributed by atoms with Crippen LogP contribution in [0.3, 0.4) is 0 Å². The Morgan fingerprint density at radius 2 is 1.81 bits per heavy atom. The Bertz CT molecular complexity index is 851. The number of nitrogens with zero attached hydrogens (tertiary/aromatic N) is 4. The lowest BCUT2D eigenvalue weighted by Gasteiger charge is -2.04. The van der Waals surface area contributed by atoms with Crippen LogP contribution in [0.4, 0.5) is 4.39 Å². The van der Waals surface area contributed by atoms with Crippen molar-refractivity contribution in [1.82, 2.24) is 25.6 Å². The molecular weight excluding hydrogens is 361 g/mol. The van der Waals surface area contributed by atoms with E-state index in [0.717, 1.165) is 5.56 Å². The minimum absolute atomic E-state index is 0. The molecule has 0 bridgehead atoms. The number of hydrogen-bond donors (Lipinski definition) is 1. The van der Waals surface area contributed by atoms with Crippen LogP contribution >= 0.6 is 12.4 Å². The van der Waals surface area contributed by atoms with Gasteiger partial charge in [0.25, 0.3) is 0 Å². The van der Waals surface area contributed by atoms with Gasteiger partial charge in [-0.1, -0.05) is 10.3 Å². The summed E-state index contributed by atoms with van der Waals surface area (Å²) in [5.74, 6) is 1.86. The summed E-state index contributed by atoms with van der Waals surface area (Å²) in [6.07, 6.45) is 1.72. The lowest BCUT2D eigenvalue weighted by molar-refractivity contribution is 0.351. The third-order valence-corrected chi connectivity index (χ3v) is 3.93. The first-order chi connectivity index (χ1) is 12.0. The SMILES string of the molecule is CNC(C)Cc1noc(CCc2nc(-c3ccc(F)c(C)c3)no2)n1.Cl. The zero-order chi connectivity index (χ0) is 17.8. The van der Waals surface area contributed by atoms with Crippen LogP contribution in [0.2, 0.25) is 0 Å². The molecule has 1 atom stereocenters. The molecule has 0 saturated carbocycles. The van der Waals surface area contributed by atoms with Gasteiger partial charge in [0.05, 0.1) is 0 Å². The van der Waals surface area contributed by atoms with Gasteiger partial charge in [0, 0.05) is 30.9 Å². The second-order valence-corrected chi connectivity index (χ2v) is 5.97. The predicted octanol–water partition coefficient (Wildman–Crippen LogP) is 2.92. The van der Waals surface area contributed by atoms with Gasteiger partial charge in [0.2, 0.25) is 17.6 Å². The number of halogens is 2. The molecule has 0 aliphatic rings. The maximum Gasteiger partial charge on any atom is 0.227 e. The summed E-state index contributed by atoms with van der Waals surface area (Å²) in [5, 5.41) is 11.0. The van der Waals surface area contributed by atoms with Crippen molar-refractivity contribution in [3.8, 4) is 11.4 Å². The summed E-state index contributed by atoms with van der Waals surface area (Å²) in [6.45, 7) is 3.75. The summed E-state index contributed by atoms with van der Waals surface area (Å²) in [6, 6.07) is 5.00. The molecule has 0 fully saturated rings. The number of hydrogen-bond acceptors (Lipinski definition) is 7. The van der Waals surface area contributed by atoms with E-state index in [-0.39, 0.29) is 24.3 Å². The van der Waals surface area contributed by atoms with Crippen LogP contribution in [0.1, 0.15) is 30.1 Å². The van der Waals surface area contributed by atoms with Crippen molar-refractivity contribution in [1.29, 1.82) is 0 Å². The first-order valence-corrected chi connectivity index (χ1v) is 8.13. The van der Waals surface area contributed by atoms with Gasteiger partial charge in [-0.3, -0.25) is 0 Å². The topological polar surface area (TPSA) is 89.9 Å². The normalized spacial score (nSPS) is 12.0. The fourth-order valence-electron chi connectivity index (χ4n) is 2.32. The standard InChI is InChI=1S/C17H20FN5O2.ClH/c1-10-8-12(4-5-13(10)18)17-21-16(25-23-17)7-6-15-20-14(22-24-15)9-11(2)19-3;/h4-5,8,11,19H,6-7,9H2,1-3H3;1H. The first-order valence-electron chi connectivity index (χ1n) is 8.13. The van der Waals surface area contributed by atoms with Crippen molar-refractivity contribution in [3.05, 3.63) is 47.2 Å². The summed E-state index contributed by atoms with van der Waals surface area (Å²) >= 11 is 0. The molecule has 9 heteroatoms. The predicted molar refractivity (Wildman–Crippen MR) is 95.6 cm³/mol. The minimum atomic E-state index is -0.257. The summed E-state index contributed by atoms with van der Waals surface area (Å²) in [5.41, 5.74) is 1.26. The monoisotopic (exact) mass is 381 g/mol. The molecule has 7 nitrogen and oxygen atoms in total. The Kier molecular flexibility index (Phi) is 6.82. The zero-order valence-electron chi connectivity index (χ0n) is 14.8. The van der Waals surface area contributed by atoms with Crippen LogP contribution in [0, 0.1) is 12.7 Å². The lowest BCUT2D eigenvalue weighted by atomic mass is 10.1. The maximum atomic E-state index is 13.3. The van der Waals surface area contributed by atoms with Crippen molar-refractivity contribution in [3.63, 3.8) is 0 Å². The molecule has 3 aromatic rings. The number of aryl methyl sites for hydroxylation is 3. The average Bonchev–Trinajstić information content (AvgIpc) is 3.24. The molecule has 0 aliphatic carbocycles. The molecule has 2 aromatic heterocycles. The van der Waals surface area contributed by atoms with E-state index in [1.165, 1.54) is 6.07 Å². The highest BCUT2D eigenvalue weighted by atomic mass is 35.5. The molecule has 0 spiro atoms. The molecule has 0 radical (unpaired) electrons. The van der Waals surface area contributed by atoms with E-state index in [1.54, 1.807) is 19.1 Å². The maximum absolute atomic E-state index is 13.3. The van der Waals surface area contributed by atoms with Gasteiger partial charge in [-0.15, -0.1) is 12.4 Å². The highest BCUT2D eigenvalue weighted by molar-refractivity contribution is 5.85. The van der Waals surface area contributed by atoms with Crippen LogP contribution in [-0.4, -0.2) is 33.4 Å². The third kappa shape index (κ3) is 4.86. The molecule has 26 heavy (non-hydrogen) atoms. The first kappa shape index (κ1) is 20.0. The Labute approximate surface area is 156 Å². The number of likely N-dealkylation sites (N-methyl/N-ethyl adjacent to an activating group) is 1. The van der Waals surface area contributed by atoms with Crippen molar-refractivity contribution >= 4 is 12.4 Å². The number of rotatable bonds is 7. The van der Waals surface area contributed by atoms with Crippen LogP contribution in [0.15, 0.2) is 27.2 Å². The van der Waals surface area contributed by atoms with E-state index in [1.807, 2.05) is 14.0 Å². The molecule has 1 aromatic carbocycles. The second-order valence-electron chi connectivity index (χ2n) is 5.97. The molecule has 1 N–H and O–H groups in total. The van der Waals surface area contributed by atoms with Crippen LogP contribution in [0.5, 0.6) is 0 Å². The van der Waals surface area contributed by atoms with E-state index < -0.39 is 0 Å². The van der Waals surface area contributed by atoms with Gasteiger partial charge in [0.15, 0.2) is 5.82 Å². The molecular formula is C17H21ClFN5O2. The van der Waals surface area contributed by atoms with Gasteiger partial charge in [0.1, 0.15) is 5.82 Å². The Hall–Kier alpha value is -2.32. The molecule has 0 saturated heterocycles. The molecule has 140 valence electrons. The summed E-state index contributed by atoms with van der Waals surface area (Å²) < 4.78 is 23.8. The Balaban J connectivity index is 0.00000243. The van der Waals surface area contributed by atoms with Crippen molar-refractivity contribution in [2.75, 3.05) is 7.05 Å². The summed E-state index contributed by atoms with van der Waals surface area (Å²) in [4.78, 5) is 8.68. The van der Waals surface area contributed by atoms with E-state index in [2.05, 4.69) is 25.6 Å². The fourth-order valence-corrected chi connectivity index (χ4v) is 2.32. The van der Waals surface area contributed by atoms with E-state index in [0.29, 0.717) is 48.3 Å². The van der Waals surface area contributed by atoms with Gasteiger partial charge in [-0.2, -0.15) is 9.97 Å². The number of benzene rings is 1. The van der Waals surface area contributed by atoms with E-state index in [4.69, 9.17) is 9.05 Å². The van der Waals surface area contributed by atoms with Crippen LogP contribution in [0.25, 0.3) is 11.4 Å². The minimum Gasteiger partial charge on any atom is -0.339 e. The smallest absolute Gasteiger partial charge is 0.227 e. The third-order valence-electron chi connectivity index (χ3n) is 3.93. The molecule has 0 amide bonds. The molecule has 2 heterocycles. The van der Waals surface area contributed by atoms with Gasteiger partial charge >= 0.3 is 0 Å². The summed E-state index contributed by atoms with van der Waals surface area (Å²) in [7, 11) is 1.89. The van der Waals surface area contributed by atoms with Crippen molar-refractivity contribution in [2.24, 2.45) is 0 Å². The van der Waals surface area contributed by atoms with Gasteiger partial charge < -0.3 is 14.4 Å². The van der Waals surface area contributed by atoms with E-state index >= 15 is 0 Å². The molecule has 0 aliphatic heterocycles. The average molecular weight is 382 g/mol. The molecule has 3 rings (SSSR count). The highest BCUT2D eigenvalue weighted by Gasteiger charge is 2.13. The fraction of sp³-hybridized carbons (Fsp3) is 0.412. The Morgan fingerprint density at radius 3 is 2.50 bits per heavy atom. The second kappa shape index (κ2) is 8.86. The Morgan fingerprint density at radius 1 is 1.12 bits per heavy atom. The van der Waals surface area contributed by atoms with Crippen molar-refractivity contribution < 1.29 is 13.4 Å². The van der Waals surface area contributed by atoms with E-state index in [9.17, 15) is 4.39 Å². The quantitative estimate of drug-likeness (QED) is 0.672. The van der Waals surface area contributed by atoms with Gasteiger partial charge in [-0.25, -0.2) is 4.39 Å². The van der Waals surface area contributed by atoms with Crippen molar-refractivity contribution in [2.45, 2.75) is 39.2 Å². The lowest BCUT2D eigenvalue weighted by Crippen LogP contribution is -2.24. The molecule has 1 unspecified atom stereocenters. The largest absolute Gasteiger partial charge is 0.339 e. The number of nitrogens with one attached hydrogen (secondary N) is 1. The number of aromatic nitrogens is 4. The van der Waals surface area contributed by atoms with Gasteiger partial charge in [-0.05, 0) is 44.7 Å².